The minimum Gasteiger partial charge on any atom is -0.271 e. The molecule has 4 heteroatoms. The molecule has 0 rings (SSSR count). The first-order chi connectivity index (χ1) is 2.41. The molecular weight excluding hydrogens is 135 g/mol. The monoisotopic (exact) mass is 142 g/mol. The van der Waals surface area contributed by atoms with Crippen LogP contribution in [0.4, 0.5) is 0 Å². The Morgan fingerprint density at radius 1 is 1.57 bits per heavy atom. The van der Waals surface area contributed by atoms with Gasteiger partial charge < -0.3 is 0 Å². The van der Waals surface area contributed by atoms with Gasteiger partial charge in [0, 0.05) is 0 Å². The van der Waals surface area contributed by atoms with Crippen LogP contribution in [0, 0.1) is 12.3 Å². The number of terminal acetylenes is 1. The van der Waals surface area contributed by atoms with Crippen LogP contribution in [-0.2, 0) is 0 Å². The van der Waals surface area contributed by atoms with Crippen molar-refractivity contribution in [2.24, 2.45) is 5.84 Å². The molecule has 0 aromatic carbocycles. The summed E-state index contributed by atoms with van der Waals surface area (Å²) in [5, 5.41) is 0. The summed E-state index contributed by atoms with van der Waals surface area (Å²) in [6, 6.07) is 0. The topological polar surface area (TPSA) is 38.0 Å². The molecule has 0 atom stereocenters. The summed E-state index contributed by atoms with van der Waals surface area (Å²) in [5.41, 5.74) is 2.28. The van der Waals surface area contributed by atoms with Crippen LogP contribution in [0.1, 0.15) is 0 Å². The maximum Gasteiger partial charge on any atom is 0.0707 e. The second-order valence-electron chi connectivity index (χ2n) is 0.585. The molecule has 0 heterocycles. The van der Waals surface area contributed by atoms with Crippen molar-refractivity contribution >= 4 is 24.8 Å². The minimum absolute atomic E-state index is 0. The molecule has 0 aromatic heterocycles. The Bertz CT molecular complexity index is 49.4. The maximum absolute atomic E-state index is 4.75. The average molecular weight is 143 g/mol. The highest BCUT2D eigenvalue weighted by Gasteiger charge is 1.56. The fourth-order valence-electron chi connectivity index (χ4n) is 0.0589. The SMILES string of the molecule is C#CCNN.Cl.Cl. The zero-order valence-electron chi connectivity index (χ0n) is 3.68. The minimum atomic E-state index is 0. The van der Waals surface area contributed by atoms with E-state index < -0.39 is 0 Å². The van der Waals surface area contributed by atoms with Gasteiger partial charge in [-0.25, -0.2) is 5.43 Å². The molecule has 0 bridgehead atoms. The van der Waals surface area contributed by atoms with Gasteiger partial charge in [-0.2, -0.15) is 0 Å². The zero-order valence-corrected chi connectivity index (χ0v) is 5.31. The number of nitrogens with two attached hydrogens (primary N) is 1. The highest BCUT2D eigenvalue weighted by atomic mass is 35.5. The predicted octanol–water partition coefficient (Wildman–Crippen LogP) is -0.0735. The fraction of sp³-hybridized carbons (Fsp3) is 0.333. The van der Waals surface area contributed by atoms with Crippen LogP contribution >= 0.6 is 24.8 Å². The Kier molecular flexibility index (Phi) is 37.2. The highest BCUT2D eigenvalue weighted by Crippen LogP contribution is 1.34. The van der Waals surface area contributed by atoms with Crippen LogP contribution < -0.4 is 11.3 Å². The standard InChI is InChI=1S/C3H6N2.2ClH/c1-2-3-5-4;;/h1,5H,3-4H2;2*1H. The average Bonchev–Trinajstić information content (AvgIpc) is 1.41. The van der Waals surface area contributed by atoms with E-state index in [-0.39, 0.29) is 24.8 Å². The molecule has 2 nitrogen and oxygen atoms in total. The number of hydrazine groups is 1. The second kappa shape index (κ2) is 16.6. The van der Waals surface area contributed by atoms with Gasteiger partial charge >= 0.3 is 0 Å². The first-order valence-corrected chi connectivity index (χ1v) is 1.28. The molecule has 0 aromatic rings. The summed E-state index contributed by atoms with van der Waals surface area (Å²) >= 11 is 0. The van der Waals surface area contributed by atoms with Crippen LogP contribution in [0.2, 0.25) is 0 Å². The number of hydrogen-bond donors (Lipinski definition) is 2. The largest absolute Gasteiger partial charge is 0.271 e. The van der Waals surface area contributed by atoms with Gasteiger partial charge in [-0.05, 0) is 0 Å². The second-order valence-corrected chi connectivity index (χ2v) is 0.585. The third-order valence-electron chi connectivity index (χ3n) is 0.204. The Morgan fingerprint density at radius 2 is 2.00 bits per heavy atom. The molecule has 0 aliphatic heterocycles. The van der Waals surface area contributed by atoms with Gasteiger partial charge in [0.15, 0.2) is 0 Å². The quantitative estimate of drug-likeness (QED) is 0.306. The van der Waals surface area contributed by atoms with Crippen LogP contribution in [0.5, 0.6) is 0 Å². The highest BCUT2D eigenvalue weighted by molar-refractivity contribution is 5.85. The molecule has 0 aliphatic rings. The van der Waals surface area contributed by atoms with Gasteiger partial charge in [-0.15, -0.1) is 31.2 Å². The first kappa shape index (κ1) is 15.7. The molecule has 0 spiro atoms. The van der Waals surface area contributed by atoms with Crippen molar-refractivity contribution in [3.8, 4) is 12.3 Å². The third kappa shape index (κ3) is 23.5. The van der Waals surface area contributed by atoms with E-state index in [1.165, 1.54) is 0 Å². The van der Waals surface area contributed by atoms with Crippen molar-refractivity contribution in [1.29, 1.82) is 0 Å². The number of hydrogen-bond acceptors (Lipinski definition) is 2. The van der Waals surface area contributed by atoms with E-state index >= 15 is 0 Å². The van der Waals surface area contributed by atoms with Gasteiger partial charge in [0.05, 0.1) is 6.54 Å². The van der Waals surface area contributed by atoms with Gasteiger partial charge in [-0.1, -0.05) is 5.92 Å². The lowest BCUT2D eigenvalue weighted by molar-refractivity contribution is 0.837. The molecule has 3 N–H and O–H groups in total. The van der Waals surface area contributed by atoms with Gasteiger partial charge in [0.25, 0.3) is 0 Å². The Labute approximate surface area is 55.6 Å². The van der Waals surface area contributed by atoms with E-state index in [0.717, 1.165) is 0 Å². The lowest BCUT2D eigenvalue weighted by atomic mass is 10.7. The van der Waals surface area contributed by atoms with Crippen molar-refractivity contribution in [1.82, 2.24) is 5.43 Å². The molecule has 0 saturated heterocycles. The summed E-state index contributed by atoms with van der Waals surface area (Å²) in [7, 11) is 0. The summed E-state index contributed by atoms with van der Waals surface area (Å²) in [6.45, 7) is 0.444. The smallest absolute Gasteiger partial charge is 0.0707 e. The molecule has 44 valence electrons. The van der Waals surface area contributed by atoms with E-state index in [9.17, 15) is 0 Å². The lowest BCUT2D eigenvalue weighted by Gasteiger charge is -1.77. The number of nitrogens with one attached hydrogen (secondary N) is 1. The number of rotatable bonds is 1. The van der Waals surface area contributed by atoms with Crippen molar-refractivity contribution < 1.29 is 0 Å². The van der Waals surface area contributed by atoms with Crippen molar-refractivity contribution in [3.63, 3.8) is 0 Å². The molecule has 0 unspecified atom stereocenters. The van der Waals surface area contributed by atoms with E-state index in [1.54, 1.807) is 0 Å². The van der Waals surface area contributed by atoms with Gasteiger partial charge in [-0.3, -0.25) is 5.84 Å². The van der Waals surface area contributed by atoms with Crippen molar-refractivity contribution in [3.05, 3.63) is 0 Å². The molecule has 0 amide bonds. The zero-order chi connectivity index (χ0) is 4.12. The normalized spacial score (nSPS) is 4.57. The van der Waals surface area contributed by atoms with Crippen LogP contribution in [-0.4, -0.2) is 6.54 Å². The van der Waals surface area contributed by atoms with Crippen LogP contribution in [0.15, 0.2) is 0 Å². The van der Waals surface area contributed by atoms with Gasteiger partial charge in [0.1, 0.15) is 0 Å². The molecule has 7 heavy (non-hydrogen) atoms. The van der Waals surface area contributed by atoms with Gasteiger partial charge in [0.2, 0.25) is 0 Å². The van der Waals surface area contributed by atoms with E-state index in [1.807, 2.05) is 0 Å². The fourth-order valence-corrected chi connectivity index (χ4v) is 0.0589. The summed E-state index contributed by atoms with van der Waals surface area (Å²) < 4.78 is 0. The Hall–Kier alpha value is 0.0600. The Balaban J connectivity index is -0.0000000800. The van der Waals surface area contributed by atoms with Crippen molar-refractivity contribution in [2.45, 2.75) is 0 Å². The summed E-state index contributed by atoms with van der Waals surface area (Å²) in [4.78, 5) is 0. The predicted molar refractivity (Wildman–Crippen MR) is 35.5 cm³/mol. The third-order valence-corrected chi connectivity index (χ3v) is 0.204. The molecule has 0 aliphatic carbocycles. The van der Waals surface area contributed by atoms with Crippen LogP contribution in [0.25, 0.3) is 0 Å². The van der Waals surface area contributed by atoms with Crippen molar-refractivity contribution in [2.75, 3.05) is 6.54 Å². The van der Waals surface area contributed by atoms with Crippen LogP contribution in [0.3, 0.4) is 0 Å². The van der Waals surface area contributed by atoms with E-state index in [0.29, 0.717) is 6.54 Å². The lowest BCUT2D eigenvalue weighted by Crippen LogP contribution is -2.21. The number of halogens is 2. The summed E-state index contributed by atoms with van der Waals surface area (Å²) in [5.74, 6) is 7.03. The van der Waals surface area contributed by atoms with E-state index in [2.05, 4.69) is 11.3 Å². The molecule has 0 radical (unpaired) electrons. The molecule has 0 fully saturated rings. The van der Waals surface area contributed by atoms with E-state index in [4.69, 9.17) is 12.3 Å². The summed E-state index contributed by atoms with van der Waals surface area (Å²) in [6.07, 6.45) is 4.75. The molecule has 0 saturated carbocycles. The first-order valence-electron chi connectivity index (χ1n) is 1.28. The molecular formula is C3H8Cl2N2. The Morgan fingerprint density at radius 3 is 2.00 bits per heavy atom. The maximum atomic E-state index is 4.75.